The van der Waals surface area contributed by atoms with Crippen LogP contribution in [-0.2, 0) is 6.42 Å². The van der Waals surface area contributed by atoms with E-state index in [1.807, 2.05) is 19.1 Å². The summed E-state index contributed by atoms with van der Waals surface area (Å²) in [6, 6.07) is 8.23. The molecular formula is C13H17BrO. The van der Waals surface area contributed by atoms with Gasteiger partial charge in [-0.25, -0.2) is 0 Å². The third kappa shape index (κ3) is 2.61. The van der Waals surface area contributed by atoms with E-state index in [0.717, 1.165) is 10.9 Å². The van der Waals surface area contributed by atoms with E-state index >= 15 is 0 Å². The molecule has 1 aromatic carbocycles. The highest BCUT2D eigenvalue weighted by molar-refractivity contribution is 9.10. The first-order chi connectivity index (χ1) is 7.08. The normalized spacial score (nSPS) is 20.7. The maximum Gasteiger partial charge on any atom is 0.0687 e. The van der Waals surface area contributed by atoms with Gasteiger partial charge >= 0.3 is 0 Å². The van der Waals surface area contributed by atoms with Crippen LogP contribution in [0.15, 0.2) is 28.7 Å². The number of benzene rings is 1. The van der Waals surface area contributed by atoms with E-state index in [1.54, 1.807) is 0 Å². The van der Waals surface area contributed by atoms with Gasteiger partial charge in [0, 0.05) is 10.9 Å². The lowest BCUT2D eigenvalue weighted by molar-refractivity contribution is -0.0339. The van der Waals surface area contributed by atoms with Gasteiger partial charge in [-0.05, 0) is 43.4 Å². The molecule has 1 unspecified atom stereocenters. The van der Waals surface area contributed by atoms with Crippen LogP contribution in [0.25, 0.3) is 0 Å². The van der Waals surface area contributed by atoms with Crippen molar-refractivity contribution in [1.29, 1.82) is 0 Å². The van der Waals surface area contributed by atoms with E-state index in [4.69, 9.17) is 0 Å². The van der Waals surface area contributed by atoms with Crippen LogP contribution >= 0.6 is 15.9 Å². The van der Waals surface area contributed by atoms with Crippen LogP contribution in [-0.4, -0.2) is 10.7 Å². The molecule has 1 N–H and O–H groups in total. The second kappa shape index (κ2) is 4.26. The van der Waals surface area contributed by atoms with Crippen LogP contribution < -0.4 is 0 Å². The Morgan fingerprint density at radius 3 is 2.40 bits per heavy atom. The van der Waals surface area contributed by atoms with Gasteiger partial charge in [0.1, 0.15) is 0 Å². The molecule has 1 fully saturated rings. The molecule has 1 nitrogen and oxygen atoms in total. The van der Waals surface area contributed by atoms with Crippen molar-refractivity contribution in [3.05, 3.63) is 34.3 Å². The van der Waals surface area contributed by atoms with Crippen molar-refractivity contribution >= 4 is 15.9 Å². The summed E-state index contributed by atoms with van der Waals surface area (Å²) in [7, 11) is 0. The summed E-state index contributed by atoms with van der Waals surface area (Å²) < 4.78 is 1.09. The second-order valence-electron chi connectivity index (χ2n) is 4.79. The highest BCUT2D eigenvalue weighted by Gasteiger charge is 2.35. The minimum atomic E-state index is -0.522. The predicted octanol–water partition coefficient (Wildman–Crippen LogP) is 3.54. The maximum absolute atomic E-state index is 10.3. The standard InChI is InChI=1S/C13H17BrO/c1-13(15,11-3-2-4-11)9-10-5-7-12(14)8-6-10/h5-8,11,15H,2-4,9H2,1H3. The van der Waals surface area contributed by atoms with Gasteiger partial charge in [-0.3, -0.25) is 0 Å². The average Bonchev–Trinajstić information content (AvgIpc) is 2.04. The average molecular weight is 269 g/mol. The van der Waals surface area contributed by atoms with Gasteiger partial charge in [0.2, 0.25) is 0 Å². The Kier molecular flexibility index (Phi) is 3.17. The van der Waals surface area contributed by atoms with Crippen LogP contribution in [0.4, 0.5) is 0 Å². The van der Waals surface area contributed by atoms with Crippen molar-refractivity contribution in [1.82, 2.24) is 0 Å². The molecule has 1 saturated carbocycles. The van der Waals surface area contributed by atoms with Gasteiger partial charge in [0.05, 0.1) is 5.60 Å². The third-order valence-electron chi connectivity index (χ3n) is 3.46. The molecule has 0 aromatic heterocycles. The van der Waals surface area contributed by atoms with E-state index < -0.39 is 5.60 Å². The largest absolute Gasteiger partial charge is 0.390 e. The monoisotopic (exact) mass is 268 g/mol. The van der Waals surface area contributed by atoms with Gasteiger partial charge in [0.25, 0.3) is 0 Å². The van der Waals surface area contributed by atoms with E-state index in [2.05, 4.69) is 28.1 Å². The number of hydrogen-bond acceptors (Lipinski definition) is 1. The van der Waals surface area contributed by atoms with Gasteiger partial charge in [0.15, 0.2) is 0 Å². The fourth-order valence-electron chi connectivity index (χ4n) is 2.19. The third-order valence-corrected chi connectivity index (χ3v) is 3.99. The summed E-state index contributed by atoms with van der Waals surface area (Å²) >= 11 is 3.42. The van der Waals surface area contributed by atoms with E-state index in [-0.39, 0.29) is 0 Å². The minimum Gasteiger partial charge on any atom is -0.390 e. The first-order valence-corrected chi connectivity index (χ1v) is 6.34. The Balaban J connectivity index is 2.03. The number of hydrogen-bond donors (Lipinski definition) is 1. The minimum absolute atomic E-state index is 0.501. The van der Waals surface area contributed by atoms with Crippen LogP contribution in [0.3, 0.4) is 0 Å². The molecule has 0 radical (unpaired) electrons. The lowest BCUT2D eigenvalue weighted by Gasteiger charge is -2.39. The highest BCUT2D eigenvalue weighted by atomic mass is 79.9. The maximum atomic E-state index is 10.3. The topological polar surface area (TPSA) is 20.2 Å². The van der Waals surface area contributed by atoms with Crippen molar-refractivity contribution in [3.8, 4) is 0 Å². The zero-order valence-electron chi connectivity index (χ0n) is 9.04. The lowest BCUT2D eigenvalue weighted by Crippen LogP contribution is -2.40. The molecule has 0 bridgehead atoms. The molecule has 0 spiro atoms. The van der Waals surface area contributed by atoms with E-state index in [1.165, 1.54) is 24.8 Å². The first kappa shape index (κ1) is 11.2. The number of aliphatic hydroxyl groups is 1. The molecule has 0 heterocycles. The van der Waals surface area contributed by atoms with Gasteiger partial charge < -0.3 is 5.11 Å². The molecule has 1 atom stereocenters. The Morgan fingerprint density at radius 1 is 1.33 bits per heavy atom. The summed E-state index contributed by atoms with van der Waals surface area (Å²) in [6.07, 6.45) is 4.42. The first-order valence-electron chi connectivity index (χ1n) is 5.55. The van der Waals surface area contributed by atoms with Crippen molar-refractivity contribution in [3.63, 3.8) is 0 Å². The van der Waals surface area contributed by atoms with E-state index in [9.17, 15) is 5.11 Å². The van der Waals surface area contributed by atoms with Crippen LogP contribution in [0, 0.1) is 5.92 Å². The lowest BCUT2D eigenvalue weighted by atomic mass is 9.71. The summed E-state index contributed by atoms with van der Waals surface area (Å²) in [5, 5.41) is 10.3. The summed E-state index contributed by atoms with van der Waals surface area (Å²) in [6.45, 7) is 1.97. The highest BCUT2D eigenvalue weighted by Crippen LogP contribution is 2.37. The van der Waals surface area contributed by atoms with Crippen molar-refractivity contribution in [2.75, 3.05) is 0 Å². The Hall–Kier alpha value is -0.340. The van der Waals surface area contributed by atoms with Crippen LogP contribution in [0.5, 0.6) is 0 Å². The SMILES string of the molecule is CC(O)(Cc1ccc(Br)cc1)C1CCC1. The molecular weight excluding hydrogens is 252 g/mol. The fourth-order valence-corrected chi connectivity index (χ4v) is 2.45. The molecule has 0 aliphatic heterocycles. The zero-order valence-corrected chi connectivity index (χ0v) is 10.6. The Labute approximate surface area is 99.6 Å². The molecule has 2 rings (SSSR count). The van der Waals surface area contributed by atoms with Gasteiger partial charge in [-0.15, -0.1) is 0 Å². The molecule has 1 aliphatic rings. The van der Waals surface area contributed by atoms with Gasteiger partial charge in [-0.2, -0.15) is 0 Å². The zero-order chi connectivity index (χ0) is 10.9. The van der Waals surface area contributed by atoms with Crippen molar-refractivity contribution < 1.29 is 5.11 Å². The second-order valence-corrected chi connectivity index (χ2v) is 5.70. The smallest absolute Gasteiger partial charge is 0.0687 e. The fraction of sp³-hybridized carbons (Fsp3) is 0.538. The van der Waals surface area contributed by atoms with Crippen molar-refractivity contribution in [2.24, 2.45) is 5.92 Å². The predicted molar refractivity (Wildman–Crippen MR) is 65.8 cm³/mol. The van der Waals surface area contributed by atoms with Crippen LogP contribution in [0.2, 0.25) is 0 Å². The Bertz CT molecular complexity index is 325. The molecule has 0 saturated heterocycles. The number of rotatable bonds is 3. The Morgan fingerprint density at radius 2 is 1.93 bits per heavy atom. The molecule has 15 heavy (non-hydrogen) atoms. The quantitative estimate of drug-likeness (QED) is 0.889. The van der Waals surface area contributed by atoms with Crippen LogP contribution in [0.1, 0.15) is 31.7 Å². The van der Waals surface area contributed by atoms with E-state index in [0.29, 0.717) is 5.92 Å². The number of halogens is 1. The summed E-state index contributed by atoms with van der Waals surface area (Å²) in [4.78, 5) is 0. The molecule has 2 heteroatoms. The summed E-state index contributed by atoms with van der Waals surface area (Å²) in [5.41, 5.74) is 0.696. The molecule has 1 aromatic rings. The van der Waals surface area contributed by atoms with Gasteiger partial charge in [-0.1, -0.05) is 34.5 Å². The molecule has 1 aliphatic carbocycles. The molecule has 0 amide bonds. The van der Waals surface area contributed by atoms with Crippen molar-refractivity contribution in [2.45, 2.75) is 38.2 Å². The molecule has 82 valence electrons. The summed E-state index contributed by atoms with van der Waals surface area (Å²) in [5.74, 6) is 0.501.